The standard InChI is InChI=1S/C7H9NO2.CH4O3S/c8-4-5-1-2-6(9)3-7(5)10;1-5(2,3)4/h1-3,9-10H,4,8H2;1H3,(H,2,3,4). The molecule has 0 aliphatic rings. The smallest absolute Gasteiger partial charge is 0.261 e. The maximum atomic E-state index is 9.19. The SMILES string of the molecule is CS(=O)(=O)O.NCc1ccc(O)cc1O. The van der Waals surface area contributed by atoms with Gasteiger partial charge in [-0.25, -0.2) is 0 Å². The fourth-order valence-electron chi connectivity index (χ4n) is 0.725. The average Bonchev–Trinajstić information content (AvgIpc) is 2.01. The van der Waals surface area contributed by atoms with Gasteiger partial charge in [0.1, 0.15) is 11.5 Å². The Morgan fingerprint density at radius 1 is 1.33 bits per heavy atom. The number of hydrogen-bond donors (Lipinski definition) is 4. The highest BCUT2D eigenvalue weighted by Gasteiger charge is 1.97. The van der Waals surface area contributed by atoms with Gasteiger partial charge in [0, 0.05) is 18.2 Å². The minimum atomic E-state index is -3.67. The van der Waals surface area contributed by atoms with Crippen LogP contribution in [0.15, 0.2) is 18.2 Å². The van der Waals surface area contributed by atoms with Crippen LogP contribution in [-0.4, -0.2) is 29.4 Å². The molecule has 0 aromatic heterocycles. The lowest BCUT2D eigenvalue weighted by atomic mass is 10.2. The van der Waals surface area contributed by atoms with E-state index in [1.165, 1.54) is 12.1 Å². The summed E-state index contributed by atoms with van der Waals surface area (Å²) < 4.78 is 25.9. The lowest BCUT2D eigenvalue weighted by molar-refractivity contribution is 0.446. The van der Waals surface area contributed by atoms with Crippen LogP contribution in [0.1, 0.15) is 5.56 Å². The molecular formula is C8H13NO5S. The zero-order valence-electron chi connectivity index (χ0n) is 8.08. The highest BCUT2D eigenvalue weighted by Crippen LogP contribution is 2.21. The van der Waals surface area contributed by atoms with Gasteiger partial charge < -0.3 is 15.9 Å². The first-order chi connectivity index (χ1) is 6.74. The third-order valence-electron chi connectivity index (χ3n) is 1.29. The van der Waals surface area contributed by atoms with Gasteiger partial charge in [-0.3, -0.25) is 4.55 Å². The summed E-state index contributed by atoms with van der Waals surface area (Å²) in [5.74, 6) is 0.0946. The molecule has 0 bridgehead atoms. The van der Waals surface area contributed by atoms with Crippen LogP contribution in [0, 0.1) is 0 Å². The number of phenolic OH excluding ortho intramolecular Hbond substituents is 2. The fraction of sp³-hybridized carbons (Fsp3) is 0.250. The van der Waals surface area contributed by atoms with Crippen LogP contribution in [0.25, 0.3) is 0 Å². The first-order valence-corrected chi connectivity index (χ1v) is 5.72. The molecule has 1 aromatic rings. The van der Waals surface area contributed by atoms with Gasteiger partial charge in [0.25, 0.3) is 10.1 Å². The molecule has 0 fully saturated rings. The van der Waals surface area contributed by atoms with Gasteiger partial charge in [-0.15, -0.1) is 0 Å². The second kappa shape index (κ2) is 5.54. The van der Waals surface area contributed by atoms with Crippen molar-refractivity contribution in [2.45, 2.75) is 6.54 Å². The second-order valence-corrected chi connectivity index (χ2v) is 4.22. The molecule has 0 saturated carbocycles. The minimum Gasteiger partial charge on any atom is -0.508 e. The number of phenols is 2. The van der Waals surface area contributed by atoms with Crippen molar-refractivity contribution in [2.75, 3.05) is 6.26 Å². The van der Waals surface area contributed by atoms with Crippen molar-refractivity contribution >= 4 is 10.1 Å². The molecular weight excluding hydrogens is 222 g/mol. The fourth-order valence-corrected chi connectivity index (χ4v) is 0.725. The Hall–Kier alpha value is -1.31. The summed E-state index contributed by atoms with van der Waals surface area (Å²) in [5.41, 5.74) is 5.90. The number of aromatic hydroxyl groups is 2. The molecule has 0 aliphatic heterocycles. The molecule has 86 valence electrons. The van der Waals surface area contributed by atoms with Crippen molar-refractivity contribution in [3.8, 4) is 11.5 Å². The normalized spacial score (nSPS) is 10.3. The van der Waals surface area contributed by atoms with Crippen LogP contribution in [0.2, 0.25) is 0 Å². The van der Waals surface area contributed by atoms with Crippen molar-refractivity contribution in [2.24, 2.45) is 5.73 Å². The van der Waals surface area contributed by atoms with E-state index in [0.717, 1.165) is 0 Å². The summed E-state index contributed by atoms with van der Waals surface area (Å²) in [6, 6.07) is 4.34. The van der Waals surface area contributed by atoms with E-state index in [4.69, 9.17) is 20.5 Å². The summed E-state index contributed by atoms with van der Waals surface area (Å²) in [5, 5.41) is 17.9. The van der Waals surface area contributed by atoms with Crippen LogP contribution in [0.3, 0.4) is 0 Å². The van der Waals surface area contributed by atoms with Gasteiger partial charge in [0.2, 0.25) is 0 Å². The van der Waals surface area contributed by atoms with Crippen molar-refractivity contribution < 1.29 is 23.2 Å². The molecule has 5 N–H and O–H groups in total. The zero-order valence-corrected chi connectivity index (χ0v) is 8.90. The minimum absolute atomic E-state index is 0.0440. The van der Waals surface area contributed by atoms with E-state index in [1.54, 1.807) is 6.07 Å². The molecule has 0 amide bonds. The lowest BCUT2D eigenvalue weighted by Gasteiger charge is -1.99. The molecule has 0 spiro atoms. The van der Waals surface area contributed by atoms with Crippen LogP contribution < -0.4 is 5.73 Å². The summed E-state index contributed by atoms with van der Waals surface area (Å²) >= 11 is 0. The molecule has 0 atom stereocenters. The van der Waals surface area contributed by atoms with E-state index in [0.29, 0.717) is 11.8 Å². The van der Waals surface area contributed by atoms with E-state index in [-0.39, 0.29) is 18.0 Å². The Balaban J connectivity index is 0.000000336. The van der Waals surface area contributed by atoms with E-state index in [1.807, 2.05) is 0 Å². The van der Waals surface area contributed by atoms with Crippen molar-refractivity contribution in [3.63, 3.8) is 0 Å². The Bertz CT molecular complexity index is 407. The quantitative estimate of drug-likeness (QED) is 0.511. The van der Waals surface area contributed by atoms with E-state index >= 15 is 0 Å². The van der Waals surface area contributed by atoms with Crippen molar-refractivity contribution in [1.29, 1.82) is 0 Å². The maximum absolute atomic E-state index is 9.19. The van der Waals surface area contributed by atoms with Gasteiger partial charge in [-0.1, -0.05) is 6.07 Å². The van der Waals surface area contributed by atoms with E-state index < -0.39 is 10.1 Å². The number of benzene rings is 1. The summed E-state index contributed by atoms with van der Waals surface area (Å²) in [7, 11) is -3.67. The topological polar surface area (TPSA) is 121 Å². The molecule has 0 aliphatic carbocycles. The molecule has 0 radical (unpaired) electrons. The van der Waals surface area contributed by atoms with Gasteiger partial charge in [0.15, 0.2) is 0 Å². The van der Waals surface area contributed by atoms with Crippen molar-refractivity contribution in [3.05, 3.63) is 23.8 Å². The Morgan fingerprint density at radius 3 is 2.13 bits per heavy atom. The van der Waals surface area contributed by atoms with Crippen molar-refractivity contribution in [1.82, 2.24) is 0 Å². The first-order valence-electron chi connectivity index (χ1n) is 3.87. The average molecular weight is 235 g/mol. The maximum Gasteiger partial charge on any atom is 0.261 e. The first kappa shape index (κ1) is 13.7. The molecule has 0 heterocycles. The predicted octanol–water partition coefficient (Wildman–Crippen LogP) is 0.0605. The highest BCUT2D eigenvalue weighted by atomic mass is 32.2. The van der Waals surface area contributed by atoms with E-state index in [2.05, 4.69) is 0 Å². The highest BCUT2D eigenvalue weighted by molar-refractivity contribution is 7.85. The zero-order chi connectivity index (χ0) is 12.1. The molecule has 0 unspecified atom stereocenters. The van der Waals surface area contributed by atoms with Gasteiger partial charge in [-0.05, 0) is 6.07 Å². The number of nitrogens with two attached hydrogens (primary N) is 1. The molecule has 1 rings (SSSR count). The number of hydrogen-bond acceptors (Lipinski definition) is 5. The Morgan fingerprint density at radius 2 is 1.80 bits per heavy atom. The largest absolute Gasteiger partial charge is 0.508 e. The third-order valence-corrected chi connectivity index (χ3v) is 1.29. The predicted molar refractivity (Wildman–Crippen MR) is 55.1 cm³/mol. The summed E-state index contributed by atoms with van der Waals surface area (Å²) in [4.78, 5) is 0. The lowest BCUT2D eigenvalue weighted by Crippen LogP contribution is -1.95. The van der Waals surface area contributed by atoms with Gasteiger partial charge in [-0.2, -0.15) is 8.42 Å². The van der Waals surface area contributed by atoms with Crippen LogP contribution in [-0.2, 0) is 16.7 Å². The summed E-state index contributed by atoms with van der Waals surface area (Å²) in [6.45, 7) is 0.284. The van der Waals surface area contributed by atoms with Gasteiger partial charge in [0.05, 0.1) is 6.26 Å². The van der Waals surface area contributed by atoms with Crippen LogP contribution in [0.4, 0.5) is 0 Å². The molecule has 7 heteroatoms. The van der Waals surface area contributed by atoms with Crippen LogP contribution in [0.5, 0.6) is 11.5 Å². The Labute approximate surface area is 87.7 Å². The van der Waals surface area contributed by atoms with Gasteiger partial charge >= 0.3 is 0 Å². The molecule has 0 saturated heterocycles. The third kappa shape index (κ3) is 7.74. The Kier molecular flexibility index (Phi) is 5.06. The number of rotatable bonds is 1. The monoisotopic (exact) mass is 235 g/mol. The van der Waals surface area contributed by atoms with E-state index in [9.17, 15) is 8.42 Å². The second-order valence-electron chi connectivity index (χ2n) is 2.75. The molecule has 1 aromatic carbocycles. The summed E-state index contributed by atoms with van der Waals surface area (Å²) in [6.07, 6.45) is 0.715. The molecule has 6 nitrogen and oxygen atoms in total. The van der Waals surface area contributed by atoms with Crippen LogP contribution >= 0.6 is 0 Å². The molecule has 15 heavy (non-hydrogen) atoms.